The first-order chi connectivity index (χ1) is 11.4. The van der Waals surface area contributed by atoms with Crippen molar-refractivity contribution in [3.63, 3.8) is 0 Å². The third kappa shape index (κ3) is 3.15. The van der Waals surface area contributed by atoms with Gasteiger partial charge in [0.25, 0.3) is 0 Å². The molecule has 6 heteroatoms. The molecule has 0 saturated carbocycles. The number of carbonyl (C=O) groups excluding carboxylic acids is 1. The Balaban J connectivity index is 1.89. The van der Waals surface area contributed by atoms with Gasteiger partial charge in [-0.15, -0.1) is 0 Å². The number of Topliss-reactive ketones (excluding diaryl/α,β-unsaturated/α-hetero) is 1. The zero-order valence-electron chi connectivity index (χ0n) is 14.4. The molecule has 1 saturated heterocycles. The maximum Gasteiger partial charge on any atom is 0.311 e. The van der Waals surface area contributed by atoms with Crippen molar-refractivity contribution < 1.29 is 14.5 Å². The van der Waals surface area contributed by atoms with Gasteiger partial charge >= 0.3 is 5.69 Å². The number of nitro benzene ring substituents is 1. The molecule has 0 bridgehead atoms. The first kappa shape index (κ1) is 16.9. The van der Waals surface area contributed by atoms with Gasteiger partial charge in [-0.05, 0) is 70.8 Å². The van der Waals surface area contributed by atoms with Crippen LogP contribution in [0, 0.1) is 22.0 Å². The molecule has 1 aliphatic carbocycles. The molecule has 6 nitrogen and oxygen atoms in total. The van der Waals surface area contributed by atoms with Crippen molar-refractivity contribution in [3.05, 3.63) is 33.4 Å². The maximum atomic E-state index is 12.8. The van der Waals surface area contributed by atoms with Crippen molar-refractivity contribution >= 4 is 11.5 Å². The molecule has 1 aromatic rings. The Bertz CT molecular complexity index is 663. The topological polar surface area (TPSA) is 72.7 Å². The van der Waals surface area contributed by atoms with Gasteiger partial charge in [0.15, 0.2) is 11.5 Å². The van der Waals surface area contributed by atoms with Crippen molar-refractivity contribution in [2.75, 3.05) is 20.1 Å². The van der Waals surface area contributed by atoms with Crippen molar-refractivity contribution in [3.8, 4) is 5.75 Å². The Morgan fingerprint density at radius 1 is 1.29 bits per heavy atom. The number of nitrogens with zero attached hydrogens (tertiary/aromatic N) is 2. The van der Waals surface area contributed by atoms with Crippen LogP contribution in [0.1, 0.15) is 42.6 Å². The Labute approximate surface area is 141 Å². The molecule has 1 aliphatic heterocycles. The zero-order chi connectivity index (χ0) is 17.4. The number of rotatable bonds is 4. The monoisotopic (exact) mass is 332 g/mol. The summed E-state index contributed by atoms with van der Waals surface area (Å²) >= 11 is 0. The van der Waals surface area contributed by atoms with Crippen LogP contribution in [0.2, 0.25) is 0 Å². The fourth-order valence-corrected chi connectivity index (χ4v) is 3.84. The number of fused-ring (bicyclic) bond motifs is 1. The van der Waals surface area contributed by atoms with Crippen molar-refractivity contribution in [1.29, 1.82) is 0 Å². The van der Waals surface area contributed by atoms with Crippen LogP contribution in [0.4, 0.5) is 5.69 Å². The van der Waals surface area contributed by atoms with E-state index < -0.39 is 4.92 Å². The quantitative estimate of drug-likeness (QED) is 0.626. The minimum Gasteiger partial charge on any atom is -0.484 e. The highest BCUT2D eigenvalue weighted by molar-refractivity contribution is 6.03. The summed E-state index contributed by atoms with van der Waals surface area (Å²) in [6, 6.07) is 3.13. The number of hydrogen-bond donors (Lipinski definition) is 0. The number of likely N-dealkylation sites (tertiary alicyclic amines) is 1. The number of ketones is 1. The lowest BCUT2D eigenvalue weighted by Crippen LogP contribution is -2.35. The van der Waals surface area contributed by atoms with Gasteiger partial charge in [0.05, 0.1) is 11.0 Å². The fourth-order valence-electron chi connectivity index (χ4n) is 3.84. The minimum absolute atomic E-state index is 0.0393. The molecule has 24 heavy (non-hydrogen) atoms. The van der Waals surface area contributed by atoms with E-state index in [0.29, 0.717) is 17.9 Å². The highest BCUT2D eigenvalue weighted by atomic mass is 16.6. The van der Waals surface area contributed by atoms with Crippen LogP contribution >= 0.6 is 0 Å². The molecule has 0 radical (unpaired) electrons. The zero-order valence-corrected chi connectivity index (χ0v) is 14.4. The number of ether oxygens (including phenoxy) is 1. The van der Waals surface area contributed by atoms with Gasteiger partial charge in [-0.3, -0.25) is 14.9 Å². The summed E-state index contributed by atoms with van der Waals surface area (Å²) in [7, 11) is 2.10. The lowest BCUT2D eigenvalue weighted by molar-refractivity contribution is -0.386. The summed E-state index contributed by atoms with van der Waals surface area (Å²) in [6.45, 7) is 5.69. The number of nitro groups is 1. The average molecular weight is 332 g/mol. The van der Waals surface area contributed by atoms with Crippen LogP contribution in [0.5, 0.6) is 5.75 Å². The van der Waals surface area contributed by atoms with Gasteiger partial charge in [0.2, 0.25) is 0 Å². The predicted octanol–water partition coefficient (Wildman–Crippen LogP) is 3.08. The first-order valence-electron chi connectivity index (χ1n) is 8.57. The smallest absolute Gasteiger partial charge is 0.311 e. The van der Waals surface area contributed by atoms with Gasteiger partial charge in [0, 0.05) is 17.5 Å². The largest absolute Gasteiger partial charge is 0.484 e. The molecule has 0 N–H and O–H groups in total. The standard InChI is InChI=1S/C18H24N2O4/c1-11(2)24-17-9-13-8-14(12-4-6-19(3)7-5-12)18(21)15(13)10-16(17)20(22)23/h9-12,14H,4-8H2,1-3H3. The molecule has 1 fully saturated rings. The summed E-state index contributed by atoms with van der Waals surface area (Å²) < 4.78 is 5.60. The number of carbonyl (C=O) groups is 1. The fraction of sp³-hybridized carbons (Fsp3) is 0.611. The van der Waals surface area contributed by atoms with Gasteiger partial charge in [0.1, 0.15) is 0 Å². The molecule has 1 heterocycles. The molecule has 0 spiro atoms. The molecule has 3 rings (SSSR count). The second-order valence-electron chi connectivity index (χ2n) is 7.22. The highest BCUT2D eigenvalue weighted by Gasteiger charge is 2.39. The van der Waals surface area contributed by atoms with E-state index in [-0.39, 0.29) is 29.2 Å². The lowest BCUT2D eigenvalue weighted by Gasteiger charge is -2.31. The van der Waals surface area contributed by atoms with Crippen molar-refractivity contribution in [2.45, 2.75) is 39.2 Å². The Morgan fingerprint density at radius 3 is 2.54 bits per heavy atom. The summed E-state index contributed by atoms with van der Waals surface area (Å²) in [6.07, 6.45) is 2.55. The van der Waals surface area contributed by atoms with Crippen LogP contribution < -0.4 is 4.74 Å². The first-order valence-corrected chi connectivity index (χ1v) is 8.57. The van der Waals surface area contributed by atoms with E-state index in [1.807, 2.05) is 13.8 Å². The molecule has 0 amide bonds. The second-order valence-corrected chi connectivity index (χ2v) is 7.22. The van der Waals surface area contributed by atoms with E-state index in [4.69, 9.17) is 4.74 Å². The molecular formula is C18H24N2O4. The summed E-state index contributed by atoms with van der Waals surface area (Å²) in [4.78, 5) is 26.0. The van der Waals surface area contributed by atoms with Crippen LogP contribution in [-0.2, 0) is 6.42 Å². The highest BCUT2D eigenvalue weighted by Crippen LogP contribution is 2.41. The second kappa shape index (κ2) is 6.51. The average Bonchev–Trinajstić information content (AvgIpc) is 2.83. The van der Waals surface area contributed by atoms with E-state index in [2.05, 4.69) is 11.9 Å². The third-order valence-corrected chi connectivity index (χ3v) is 5.12. The Kier molecular flexibility index (Phi) is 4.58. The Hall–Kier alpha value is -1.95. The van der Waals surface area contributed by atoms with Crippen molar-refractivity contribution in [1.82, 2.24) is 4.90 Å². The predicted molar refractivity (Wildman–Crippen MR) is 90.6 cm³/mol. The molecular weight excluding hydrogens is 308 g/mol. The lowest BCUT2D eigenvalue weighted by atomic mass is 9.82. The van der Waals surface area contributed by atoms with Crippen molar-refractivity contribution in [2.24, 2.45) is 11.8 Å². The summed E-state index contributed by atoms with van der Waals surface area (Å²) in [5, 5.41) is 11.3. The normalized spacial score (nSPS) is 22.0. The molecule has 130 valence electrons. The number of hydrogen-bond acceptors (Lipinski definition) is 5. The molecule has 1 aromatic carbocycles. The van der Waals surface area contributed by atoms with Gasteiger partial charge in [-0.1, -0.05) is 0 Å². The van der Waals surface area contributed by atoms with Crippen LogP contribution in [0.15, 0.2) is 12.1 Å². The van der Waals surface area contributed by atoms with E-state index >= 15 is 0 Å². The summed E-state index contributed by atoms with van der Waals surface area (Å²) in [5.41, 5.74) is 1.30. The van der Waals surface area contributed by atoms with E-state index in [9.17, 15) is 14.9 Å². The molecule has 1 unspecified atom stereocenters. The van der Waals surface area contributed by atoms with Crippen LogP contribution in [0.25, 0.3) is 0 Å². The molecule has 0 aromatic heterocycles. The van der Waals surface area contributed by atoms with Gasteiger partial charge < -0.3 is 9.64 Å². The Morgan fingerprint density at radius 2 is 1.96 bits per heavy atom. The van der Waals surface area contributed by atoms with Gasteiger partial charge in [-0.2, -0.15) is 0 Å². The number of piperidine rings is 1. The van der Waals surface area contributed by atoms with Gasteiger partial charge in [-0.25, -0.2) is 0 Å². The molecule has 1 atom stereocenters. The van der Waals surface area contributed by atoms with E-state index in [1.54, 1.807) is 6.07 Å². The summed E-state index contributed by atoms with van der Waals surface area (Å²) in [5.74, 6) is 0.668. The minimum atomic E-state index is -0.464. The van der Waals surface area contributed by atoms with Crippen LogP contribution in [-0.4, -0.2) is 41.8 Å². The third-order valence-electron chi connectivity index (χ3n) is 5.12. The SMILES string of the molecule is CC(C)Oc1cc2c(cc1[N+](=O)[O-])C(=O)C(C1CCN(C)CC1)C2. The van der Waals surface area contributed by atoms with Crippen LogP contribution in [0.3, 0.4) is 0 Å². The maximum absolute atomic E-state index is 12.8. The van der Waals surface area contributed by atoms with E-state index in [1.165, 1.54) is 6.07 Å². The molecule has 2 aliphatic rings. The van der Waals surface area contributed by atoms with E-state index in [0.717, 1.165) is 31.5 Å². The number of benzene rings is 1.